The first-order valence-electron chi connectivity index (χ1n) is 6.23. The molecule has 0 aromatic carbocycles. The molecule has 0 bridgehead atoms. The number of H-pyrrole nitrogens is 1. The molecule has 1 aliphatic rings. The standard InChI is InChI=1S/C11H19N5O/c1-8(2)7-16(9-5-3-4-6-9)11(17)10-12-14-15-13-10/h8-9H,3-7H2,1-2H3,(H,12,13,14,15). The summed E-state index contributed by atoms with van der Waals surface area (Å²) in [5, 5.41) is 13.3. The first-order chi connectivity index (χ1) is 8.18. The average Bonchev–Trinajstić information content (AvgIpc) is 2.96. The van der Waals surface area contributed by atoms with Gasteiger partial charge >= 0.3 is 0 Å². The van der Waals surface area contributed by atoms with Gasteiger partial charge in [0.2, 0.25) is 0 Å². The number of hydrogen-bond donors (Lipinski definition) is 1. The minimum atomic E-state index is -0.0978. The molecule has 1 saturated carbocycles. The Labute approximate surface area is 101 Å². The van der Waals surface area contributed by atoms with Crippen molar-refractivity contribution in [3.8, 4) is 0 Å². The summed E-state index contributed by atoms with van der Waals surface area (Å²) in [5.74, 6) is 0.531. The molecule has 0 spiro atoms. The lowest BCUT2D eigenvalue weighted by Gasteiger charge is -2.29. The van der Waals surface area contributed by atoms with Gasteiger partial charge in [0.05, 0.1) is 0 Å². The van der Waals surface area contributed by atoms with Crippen LogP contribution in [0.5, 0.6) is 0 Å². The summed E-state index contributed by atoms with van der Waals surface area (Å²) in [7, 11) is 0. The third kappa shape index (κ3) is 2.81. The first kappa shape index (κ1) is 12.0. The topological polar surface area (TPSA) is 74.8 Å². The Morgan fingerprint density at radius 3 is 2.71 bits per heavy atom. The molecule has 0 unspecified atom stereocenters. The minimum Gasteiger partial charge on any atom is -0.333 e. The van der Waals surface area contributed by atoms with Crippen LogP contribution < -0.4 is 0 Å². The van der Waals surface area contributed by atoms with Gasteiger partial charge in [-0.15, -0.1) is 10.2 Å². The maximum atomic E-state index is 12.3. The predicted molar refractivity (Wildman–Crippen MR) is 62.3 cm³/mol. The van der Waals surface area contributed by atoms with Crippen LogP contribution in [0.15, 0.2) is 0 Å². The molecule has 0 atom stereocenters. The summed E-state index contributed by atoms with van der Waals surface area (Å²) in [6, 6.07) is 0.350. The van der Waals surface area contributed by atoms with E-state index in [1.54, 1.807) is 0 Å². The number of rotatable bonds is 4. The van der Waals surface area contributed by atoms with Crippen LogP contribution in [0, 0.1) is 5.92 Å². The van der Waals surface area contributed by atoms with E-state index in [4.69, 9.17) is 0 Å². The molecule has 1 fully saturated rings. The highest BCUT2D eigenvalue weighted by atomic mass is 16.2. The predicted octanol–water partition coefficient (Wildman–Crippen LogP) is 1.24. The van der Waals surface area contributed by atoms with Crippen LogP contribution in [0.3, 0.4) is 0 Å². The Morgan fingerprint density at radius 2 is 2.18 bits per heavy atom. The quantitative estimate of drug-likeness (QED) is 0.855. The number of nitrogens with zero attached hydrogens (tertiary/aromatic N) is 4. The second-order valence-corrected chi connectivity index (χ2v) is 5.03. The zero-order chi connectivity index (χ0) is 12.3. The highest BCUT2D eigenvalue weighted by Gasteiger charge is 2.29. The third-order valence-electron chi connectivity index (χ3n) is 3.12. The first-order valence-corrected chi connectivity index (χ1v) is 6.23. The van der Waals surface area contributed by atoms with Gasteiger partial charge in [-0.05, 0) is 24.0 Å². The third-order valence-corrected chi connectivity index (χ3v) is 3.12. The number of carbonyl (C=O) groups is 1. The molecule has 1 aliphatic carbocycles. The average molecular weight is 237 g/mol. The number of amides is 1. The Hall–Kier alpha value is -1.46. The van der Waals surface area contributed by atoms with Crippen molar-refractivity contribution in [1.29, 1.82) is 0 Å². The summed E-state index contributed by atoms with van der Waals surface area (Å²) in [5.41, 5.74) is 0. The number of tetrazole rings is 1. The number of aromatic amines is 1. The number of carbonyl (C=O) groups excluding carboxylic acids is 1. The van der Waals surface area contributed by atoms with Crippen LogP contribution in [0.25, 0.3) is 0 Å². The molecule has 1 aromatic rings. The Bertz CT molecular complexity index is 356. The Kier molecular flexibility index (Phi) is 3.71. The molecule has 0 aliphatic heterocycles. The fraction of sp³-hybridized carbons (Fsp3) is 0.818. The monoisotopic (exact) mass is 237 g/mol. The van der Waals surface area contributed by atoms with Crippen LogP contribution in [-0.2, 0) is 0 Å². The molecule has 6 heteroatoms. The van der Waals surface area contributed by atoms with E-state index in [-0.39, 0.29) is 11.7 Å². The van der Waals surface area contributed by atoms with Crippen molar-refractivity contribution < 1.29 is 4.79 Å². The van der Waals surface area contributed by atoms with Gasteiger partial charge in [-0.3, -0.25) is 4.79 Å². The molecule has 1 N–H and O–H groups in total. The number of aromatic nitrogens is 4. The normalized spacial score (nSPS) is 16.6. The number of nitrogens with one attached hydrogen (secondary N) is 1. The summed E-state index contributed by atoms with van der Waals surface area (Å²) in [4.78, 5) is 14.2. The lowest BCUT2D eigenvalue weighted by Crippen LogP contribution is -2.41. The second kappa shape index (κ2) is 5.25. The fourth-order valence-electron chi connectivity index (χ4n) is 2.39. The van der Waals surface area contributed by atoms with E-state index in [1.165, 1.54) is 12.8 Å². The van der Waals surface area contributed by atoms with E-state index in [2.05, 4.69) is 34.5 Å². The van der Waals surface area contributed by atoms with Crippen LogP contribution in [0.1, 0.15) is 50.1 Å². The highest BCUT2D eigenvalue weighted by Crippen LogP contribution is 2.25. The molecule has 2 rings (SSSR count). The molecule has 94 valence electrons. The fourth-order valence-corrected chi connectivity index (χ4v) is 2.39. The van der Waals surface area contributed by atoms with Crippen molar-refractivity contribution in [2.75, 3.05) is 6.54 Å². The van der Waals surface area contributed by atoms with Crippen molar-refractivity contribution in [3.63, 3.8) is 0 Å². The van der Waals surface area contributed by atoms with E-state index >= 15 is 0 Å². The molecule has 0 saturated heterocycles. The van der Waals surface area contributed by atoms with Crippen LogP contribution in [0.2, 0.25) is 0 Å². The van der Waals surface area contributed by atoms with E-state index in [1.807, 2.05) is 4.90 Å². The van der Waals surface area contributed by atoms with E-state index in [0.29, 0.717) is 12.0 Å². The molecule has 17 heavy (non-hydrogen) atoms. The van der Waals surface area contributed by atoms with Gasteiger partial charge in [0, 0.05) is 12.6 Å². The highest BCUT2D eigenvalue weighted by molar-refractivity contribution is 5.90. The Morgan fingerprint density at radius 1 is 1.47 bits per heavy atom. The maximum Gasteiger partial charge on any atom is 0.295 e. The lowest BCUT2D eigenvalue weighted by atomic mass is 10.1. The molecule has 1 amide bonds. The van der Waals surface area contributed by atoms with Crippen molar-refractivity contribution in [2.45, 2.75) is 45.6 Å². The van der Waals surface area contributed by atoms with Crippen LogP contribution in [-0.4, -0.2) is 44.0 Å². The molecule has 0 radical (unpaired) electrons. The lowest BCUT2D eigenvalue weighted by molar-refractivity contribution is 0.0643. The van der Waals surface area contributed by atoms with Crippen molar-refractivity contribution in [1.82, 2.24) is 25.5 Å². The van der Waals surface area contributed by atoms with Gasteiger partial charge in [-0.2, -0.15) is 5.21 Å². The van der Waals surface area contributed by atoms with E-state index < -0.39 is 0 Å². The van der Waals surface area contributed by atoms with Gasteiger partial charge in [0.25, 0.3) is 11.7 Å². The van der Waals surface area contributed by atoms with E-state index in [9.17, 15) is 4.79 Å². The summed E-state index contributed by atoms with van der Waals surface area (Å²) >= 11 is 0. The largest absolute Gasteiger partial charge is 0.333 e. The molecule has 6 nitrogen and oxygen atoms in total. The van der Waals surface area contributed by atoms with Gasteiger partial charge in [0.15, 0.2) is 0 Å². The smallest absolute Gasteiger partial charge is 0.295 e. The molecule has 1 aromatic heterocycles. The van der Waals surface area contributed by atoms with Gasteiger partial charge in [-0.1, -0.05) is 26.7 Å². The summed E-state index contributed by atoms with van der Waals surface area (Å²) in [6.45, 7) is 4.99. The zero-order valence-corrected chi connectivity index (χ0v) is 10.4. The Balaban J connectivity index is 2.11. The second-order valence-electron chi connectivity index (χ2n) is 5.03. The van der Waals surface area contributed by atoms with E-state index in [0.717, 1.165) is 19.4 Å². The van der Waals surface area contributed by atoms with Crippen molar-refractivity contribution in [3.05, 3.63) is 5.82 Å². The van der Waals surface area contributed by atoms with Gasteiger partial charge < -0.3 is 4.90 Å². The van der Waals surface area contributed by atoms with Crippen LogP contribution >= 0.6 is 0 Å². The maximum absolute atomic E-state index is 12.3. The van der Waals surface area contributed by atoms with Crippen molar-refractivity contribution in [2.24, 2.45) is 5.92 Å². The number of hydrogen-bond acceptors (Lipinski definition) is 4. The molecular formula is C11H19N5O. The van der Waals surface area contributed by atoms with Gasteiger partial charge in [0.1, 0.15) is 0 Å². The summed E-state index contributed by atoms with van der Waals surface area (Å²) in [6.07, 6.45) is 4.60. The molecule has 1 heterocycles. The SMILES string of the molecule is CC(C)CN(C(=O)c1nn[nH]n1)C1CCCC1. The van der Waals surface area contributed by atoms with Crippen LogP contribution in [0.4, 0.5) is 0 Å². The van der Waals surface area contributed by atoms with Crippen molar-refractivity contribution >= 4 is 5.91 Å². The zero-order valence-electron chi connectivity index (χ0n) is 10.4. The summed E-state index contributed by atoms with van der Waals surface area (Å²) < 4.78 is 0. The minimum absolute atomic E-state index is 0.0978. The van der Waals surface area contributed by atoms with Gasteiger partial charge in [-0.25, -0.2) is 0 Å². The molecular weight excluding hydrogens is 218 g/mol.